The fourth-order valence-electron chi connectivity index (χ4n) is 1.76. The van der Waals surface area contributed by atoms with Crippen LogP contribution >= 0.6 is 0 Å². The predicted octanol–water partition coefficient (Wildman–Crippen LogP) is 0.103. The minimum Gasteiger partial charge on any atom is -0.392 e. The van der Waals surface area contributed by atoms with Crippen molar-refractivity contribution in [3.05, 3.63) is 35.4 Å². The van der Waals surface area contributed by atoms with Crippen LogP contribution in [0.15, 0.2) is 24.3 Å². The second-order valence-corrected chi connectivity index (χ2v) is 4.18. The molecule has 0 saturated heterocycles. The van der Waals surface area contributed by atoms with E-state index in [1.54, 1.807) is 19.1 Å². The van der Waals surface area contributed by atoms with Crippen LogP contribution in [-0.4, -0.2) is 35.6 Å². The molecule has 0 saturated carbocycles. The van der Waals surface area contributed by atoms with Gasteiger partial charge in [-0.2, -0.15) is 0 Å². The Kier molecular flexibility index (Phi) is 5.09. The highest BCUT2D eigenvalue weighted by Gasteiger charge is 2.11. The van der Waals surface area contributed by atoms with Crippen molar-refractivity contribution in [2.24, 2.45) is 5.84 Å². The zero-order valence-electron chi connectivity index (χ0n) is 10.2. The number of hydrogen-bond acceptors (Lipinski definition) is 4. The lowest BCUT2D eigenvalue weighted by atomic mass is 10.1. The van der Waals surface area contributed by atoms with Crippen molar-refractivity contribution in [3.8, 4) is 0 Å². The van der Waals surface area contributed by atoms with E-state index < -0.39 is 6.10 Å². The zero-order chi connectivity index (χ0) is 12.8. The maximum absolute atomic E-state index is 11.5. The van der Waals surface area contributed by atoms with Crippen LogP contribution in [-0.2, 0) is 6.54 Å². The second-order valence-electron chi connectivity index (χ2n) is 4.18. The van der Waals surface area contributed by atoms with Gasteiger partial charge in [-0.25, -0.2) is 5.84 Å². The molecule has 1 unspecified atom stereocenters. The quantitative estimate of drug-likeness (QED) is 0.385. The van der Waals surface area contributed by atoms with Crippen molar-refractivity contribution >= 4 is 5.91 Å². The Labute approximate surface area is 101 Å². The number of aliphatic hydroxyl groups excluding tert-OH is 1. The normalized spacial score (nSPS) is 12.5. The van der Waals surface area contributed by atoms with Crippen molar-refractivity contribution in [2.45, 2.75) is 19.6 Å². The maximum Gasteiger partial charge on any atom is 0.265 e. The highest BCUT2D eigenvalue weighted by Crippen LogP contribution is 2.11. The molecule has 94 valence electrons. The molecule has 5 nitrogen and oxygen atoms in total. The Morgan fingerprint density at radius 1 is 1.53 bits per heavy atom. The number of hydrogen-bond donors (Lipinski definition) is 3. The largest absolute Gasteiger partial charge is 0.392 e. The Hall–Kier alpha value is -1.43. The van der Waals surface area contributed by atoms with Gasteiger partial charge in [-0.05, 0) is 25.6 Å². The molecule has 5 heteroatoms. The van der Waals surface area contributed by atoms with Crippen molar-refractivity contribution in [1.82, 2.24) is 10.3 Å². The van der Waals surface area contributed by atoms with Crippen LogP contribution < -0.4 is 11.3 Å². The van der Waals surface area contributed by atoms with Gasteiger partial charge in [0.25, 0.3) is 5.91 Å². The number of carbonyl (C=O) groups excluding carboxylic acids is 1. The monoisotopic (exact) mass is 237 g/mol. The summed E-state index contributed by atoms with van der Waals surface area (Å²) in [5.41, 5.74) is 3.58. The van der Waals surface area contributed by atoms with Crippen molar-refractivity contribution in [2.75, 3.05) is 13.6 Å². The van der Waals surface area contributed by atoms with Gasteiger partial charge < -0.3 is 5.11 Å². The molecule has 1 aromatic rings. The topological polar surface area (TPSA) is 78.6 Å². The summed E-state index contributed by atoms with van der Waals surface area (Å²) in [5.74, 6) is 4.83. The summed E-state index contributed by atoms with van der Waals surface area (Å²) in [7, 11) is 1.89. The number of nitrogens with zero attached hydrogens (tertiary/aromatic N) is 1. The fourth-order valence-corrected chi connectivity index (χ4v) is 1.76. The van der Waals surface area contributed by atoms with Gasteiger partial charge in [-0.1, -0.05) is 18.2 Å². The standard InChI is InChI=1S/C12H19N3O2/c1-9(16)7-15(2)8-10-5-3-4-6-11(10)12(17)14-13/h3-6,9,16H,7-8,13H2,1-2H3,(H,14,17). The molecule has 0 aliphatic heterocycles. The third-order valence-corrected chi connectivity index (χ3v) is 2.41. The second kappa shape index (κ2) is 6.34. The van der Waals surface area contributed by atoms with E-state index in [2.05, 4.69) is 5.43 Å². The highest BCUT2D eigenvalue weighted by atomic mass is 16.3. The summed E-state index contributed by atoms with van der Waals surface area (Å²) in [6, 6.07) is 7.28. The van der Waals surface area contributed by atoms with E-state index in [1.807, 2.05) is 24.1 Å². The maximum atomic E-state index is 11.5. The fraction of sp³-hybridized carbons (Fsp3) is 0.417. The molecule has 0 heterocycles. The lowest BCUT2D eigenvalue weighted by molar-refractivity contribution is 0.0951. The molecule has 4 N–H and O–H groups in total. The van der Waals surface area contributed by atoms with Gasteiger partial charge in [0.15, 0.2) is 0 Å². The molecule has 0 bridgehead atoms. The number of carbonyl (C=O) groups is 1. The molecule has 0 aromatic heterocycles. The molecule has 0 aliphatic carbocycles. The summed E-state index contributed by atoms with van der Waals surface area (Å²) < 4.78 is 0. The number of nitrogen functional groups attached to an aromatic ring is 1. The lowest BCUT2D eigenvalue weighted by Gasteiger charge is -2.19. The number of nitrogens with one attached hydrogen (secondary N) is 1. The molecule has 0 aliphatic rings. The first-order valence-electron chi connectivity index (χ1n) is 5.50. The molecule has 1 aromatic carbocycles. The van der Waals surface area contributed by atoms with Crippen molar-refractivity contribution in [1.29, 1.82) is 0 Å². The number of rotatable bonds is 5. The lowest BCUT2D eigenvalue weighted by Crippen LogP contribution is -2.32. The van der Waals surface area contributed by atoms with E-state index in [4.69, 9.17) is 5.84 Å². The summed E-state index contributed by atoms with van der Waals surface area (Å²) in [4.78, 5) is 13.5. The van der Waals surface area contributed by atoms with Crippen molar-refractivity contribution < 1.29 is 9.90 Å². The predicted molar refractivity (Wildman–Crippen MR) is 66.1 cm³/mol. The summed E-state index contributed by atoms with van der Waals surface area (Å²) in [5, 5.41) is 9.28. The Bertz CT molecular complexity index is 380. The van der Waals surface area contributed by atoms with Crippen molar-refractivity contribution in [3.63, 3.8) is 0 Å². The Morgan fingerprint density at radius 3 is 2.76 bits per heavy atom. The van der Waals surface area contributed by atoms with Gasteiger partial charge in [0.1, 0.15) is 0 Å². The van der Waals surface area contributed by atoms with Crippen LogP contribution in [0.1, 0.15) is 22.8 Å². The Morgan fingerprint density at radius 2 is 2.18 bits per heavy atom. The molecule has 1 rings (SSSR count). The van der Waals surface area contributed by atoms with Crippen LogP contribution in [0.2, 0.25) is 0 Å². The minimum absolute atomic E-state index is 0.300. The van der Waals surface area contributed by atoms with Gasteiger partial charge in [0, 0.05) is 18.7 Å². The van der Waals surface area contributed by atoms with E-state index in [-0.39, 0.29) is 5.91 Å². The average molecular weight is 237 g/mol. The molecule has 0 radical (unpaired) electrons. The van der Waals surface area contributed by atoms with Crippen LogP contribution in [0.4, 0.5) is 0 Å². The van der Waals surface area contributed by atoms with E-state index in [1.165, 1.54) is 0 Å². The molecule has 17 heavy (non-hydrogen) atoms. The van der Waals surface area contributed by atoms with E-state index in [0.717, 1.165) is 5.56 Å². The SMILES string of the molecule is CC(O)CN(C)Cc1ccccc1C(=O)NN. The summed E-state index contributed by atoms with van der Waals surface area (Å²) >= 11 is 0. The van der Waals surface area contributed by atoms with E-state index >= 15 is 0 Å². The molecule has 0 fully saturated rings. The number of hydrazine groups is 1. The highest BCUT2D eigenvalue weighted by molar-refractivity contribution is 5.95. The average Bonchev–Trinajstić information content (AvgIpc) is 2.27. The number of nitrogens with two attached hydrogens (primary N) is 1. The van der Waals surface area contributed by atoms with Gasteiger partial charge in [-0.15, -0.1) is 0 Å². The number of likely N-dealkylation sites (N-methyl/N-ethyl adjacent to an activating group) is 1. The third kappa shape index (κ3) is 4.14. The van der Waals surface area contributed by atoms with E-state index in [9.17, 15) is 9.90 Å². The van der Waals surface area contributed by atoms with E-state index in [0.29, 0.717) is 18.7 Å². The molecule has 0 spiro atoms. The van der Waals surface area contributed by atoms with Crippen LogP contribution in [0.25, 0.3) is 0 Å². The molecule has 1 atom stereocenters. The molecular weight excluding hydrogens is 218 g/mol. The molecular formula is C12H19N3O2. The first-order chi connectivity index (χ1) is 8.04. The van der Waals surface area contributed by atoms with Gasteiger partial charge in [0.2, 0.25) is 0 Å². The number of amides is 1. The van der Waals surface area contributed by atoms with Gasteiger partial charge in [0.05, 0.1) is 6.10 Å². The first kappa shape index (κ1) is 13.6. The number of benzene rings is 1. The van der Waals surface area contributed by atoms with Crippen LogP contribution in [0.3, 0.4) is 0 Å². The van der Waals surface area contributed by atoms with Crippen LogP contribution in [0, 0.1) is 0 Å². The molecule has 1 amide bonds. The van der Waals surface area contributed by atoms with Crippen LogP contribution in [0.5, 0.6) is 0 Å². The smallest absolute Gasteiger partial charge is 0.265 e. The Balaban J connectivity index is 2.80. The summed E-state index contributed by atoms with van der Waals surface area (Å²) in [6.07, 6.45) is -0.393. The minimum atomic E-state index is -0.393. The first-order valence-corrected chi connectivity index (χ1v) is 5.50. The number of aliphatic hydroxyl groups is 1. The van der Waals surface area contributed by atoms with Gasteiger partial charge in [-0.3, -0.25) is 15.1 Å². The van der Waals surface area contributed by atoms with Gasteiger partial charge >= 0.3 is 0 Å². The zero-order valence-corrected chi connectivity index (χ0v) is 10.2. The summed E-state index contributed by atoms with van der Waals surface area (Å²) in [6.45, 7) is 2.88. The third-order valence-electron chi connectivity index (χ3n) is 2.41.